The van der Waals surface area contributed by atoms with Crippen molar-refractivity contribution in [1.29, 1.82) is 0 Å². The van der Waals surface area contributed by atoms with Crippen molar-refractivity contribution in [2.45, 2.75) is 11.9 Å². The van der Waals surface area contributed by atoms with Gasteiger partial charge in [-0.15, -0.1) is 0 Å². The first kappa shape index (κ1) is 12.2. The second-order valence-corrected chi connectivity index (χ2v) is 3.35. The van der Waals surface area contributed by atoms with Crippen LogP contribution in [0.1, 0.15) is 11.4 Å². The molecular formula is C8H11ClF2N4. The van der Waals surface area contributed by atoms with Gasteiger partial charge in [-0.2, -0.15) is 8.78 Å². The summed E-state index contributed by atoms with van der Waals surface area (Å²) in [4.78, 5) is 6.93. The summed E-state index contributed by atoms with van der Waals surface area (Å²) in [6.45, 7) is 1.65. The zero-order chi connectivity index (χ0) is 11.3. The smallest absolute Gasteiger partial charge is 0.329 e. The van der Waals surface area contributed by atoms with Gasteiger partial charge in [0.25, 0.3) is 0 Å². The van der Waals surface area contributed by atoms with Crippen LogP contribution in [0.2, 0.25) is 0 Å². The number of nitrogens with zero attached hydrogens (tertiary/aromatic N) is 2. The molecule has 0 unspecified atom stereocenters. The number of nitrogens with two attached hydrogens (primary N) is 1. The Kier molecular flexibility index (Phi) is 4.31. The Balaban J connectivity index is 2.57. The number of rotatable bonds is 5. The van der Waals surface area contributed by atoms with Gasteiger partial charge in [-0.25, -0.2) is 9.97 Å². The molecule has 3 N–H and O–H groups in total. The lowest BCUT2D eigenvalue weighted by atomic mass is 10.3. The SMILES string of the molecule is NCCNCc1cnc(C(F)(F)Cl)nc1. The van der Waals surface area contributed by atoms with Gasteiger partial charge in [-0.3, -0.25) is 0 Å². The van der Waals surface area contributed by atoms with Crippen LogP contribution < -0.4 is 11.1 Å². The van der Waals surface area contributed by atoms with Gasteiger partial charge in [-0.05, 0) is 11.6 Å². The maximum Gasteiger partial charge on any atom is 0.381 e. The molecule has 0 bridgehead atoms. The third kappa shape index (κ3) is 4.03. The van der Waals surface area contributed by atoms with Crippen molar-refractivity contribution < 1.29 is 8.78 Å². The molecule has 84 valence electrons. The van der Waals surface area contributed by atoms with Gasteiger partial charge in [0.1, 0.15) is 0 Å². The van der Waals surface area contributed by atoms with Crippen LogP contribution in [-0.2, 0) is 11.9 Å². The maximum absolute atomic E-state index is 12.5. The number of aromatic nitrogens is 2. The Bertz CT molecular complexity index is 299. The number of hydrogen-bond donors (Lipinski definition) is 2. The van der Waals surface area contributed by atoms with Crippen LogP contribution >= 0.6 is 11.6 Å². The van der Waals surface area contributed by atoms with Crippen molar-refractivity contribution in [3.8, 4) is 0 Å². The minimum Gasteiger partial charge on any atom is -0.329 e. The van der Waals surface area contributed by atoms with E-state index in [0.717, 1.165) is 0 Å². The number of nitrogens with one attached hydrogen (secondary N) is 1. The van der Waals surface area contributed by atoms with E-state index in [-0.39, 0.29) is 0 Å². The van der Waals surface area contributed by atoms with Crippen LogP contribution in [0.25, 0.3) is 0 Å². The highest BCUT2D eigenvalue weighted by molar-refractivity contribution is 6.21. The van der Waals surface area contributed by atoms with Crippen molar-refractivity contribution in [1.82, 2.24) is 15.3 Å². The molecule has 0 aromatic carbocycles. The van der Waals surface area contributed by atoms with Crippen LogP contribution in [-0.4, -0.2) is 23.1 Å². The third-order valence-electron chi connectivity index (χ3n) is 1.61. The summed E-state index contributed by atoms with van der Waals surface area (Å²) in [7, 11) is 0. The molecule has 0 aliphatic rings. The van der Waals surface area contributed by atoms with Crippen molar-refractivity contribution in [2.24, 2.45) is 5.73 Å². The van der Waals surface area contributed by atoms with E-state index >= 15 is 0 Å². The molecule has 0 spiro atoms. The fraction of sp³-hybridized carbons (Fsp3) is 0.500. The van der Waals surface area contributed by atoms with E-state index in [1.54, 1.807) is 0 Å². The second kappa shape index (κ2) is 5.29. The summed E-state index contributed by atoms with van der Waals surface area (Å²) in [5.74, 6) is -0.688. The molecule has 0 fully saturated rings. The van der Waals surface area contributed by atoms with Crippen LogP contribution in [0.5, 0.6) is 0 Å². The molecule has 0 atom stereocenters. The summed E-state index contributed by atoms with van der Waals surface area (Å²) in [6, 6.07) is 0. The van der Waals surface area contributed by atoms with E-state index in [4.69, 9.17) is 17.3 Å². The zero-order valence-corrected chi connectivity index (χ0v) is 8.64. The summed E-state index contributed by atoms with van der Waals surface area (Å²) < 4.78 is 25.0. The van der Waals surface area contributed by atoms with E-state index in [9.17, 15) is 8.78 Å². The number of alkyl halides is 3. The van der Waals surface area contributed by atoms with Gasteiger partial charge in [0, 0.05) is 37.6 Å². The predicted molar refractivity (Wildman–Crippen MR) is 52.5 cm³/mol. The lowest BCUT2D eigenvalue weighted by Crippen LogP contribution is -2.22. The van der Waals surface area contributed by atoms with Crippen molar-refractivity contribution in [3.63, 3.8) is 0 Å². The molecule has 15 heavy (non-hydrogen) atoms. The first-order chi connectivity index (χ1) is 7.04. The van der Waals surface area contributed by atoms with Gasteiger partial charge < -0.3 is 11.1 Å². The van der Waals surface area contributed by atoms with E-state index < -0.39 is 11.2 Å². The fourth-order valence-corrected chi connectivity index (χ4v) is 1.02. The average molecular weight is 237 g/mol. The Hall–Kier alpha value is -0.850. The highest BCUT2D eigenvalue weighted by atomic mass is 35.5. The highest BCUT2D eigenvalue weighted by Gasteiger charge is 2.31. The standard InChI is InChI=1S/C8H11ClF2N4/c9-8(10,11)7-14-4-6(5-15-7)3-13-2-1-12/h4-5,13H,1-3,12H2. The van der Waals surface area contributed by atoms with Gasteiger partial charge in [0.2, 0.25) is 5.82 Å². The van der Waals surface area contributed by atoms with E-state index in [0.29, 0.717) is 25.2 Å². The van der Waals surface area contributed by atoms with Gasteiger partial charge in [0.05, 0.1) is 0 Å². The lowest BCUT2D eigenvalue weighted by Gasteiger charge is -2.06. The minimum atomic E-state index is -3.51. The van der Waals surface area contributed by atoms with E-state index in [2.05, 4.69) is 15.3 Å². The Morgan fingerprint density at radius 3 is 2.47 bits per heavy atom. The Morgan fingerprint density at radius 2 is 2.00 bits per heavy atom. The summed E-state index contributed by atoms with van der Waals surface area (Å²) in [5.41, 5.74) is 5.97. The summed E-state index contributed by atoms with van der Waals surface area (Å²) in [6.07, 6.45) is 2.62. The summed E-state index contributed by atoms with van der Waals surface area (Å²) in [5, 5.41) is -0.527. The molecule has 0 saturated carbocycles. The monoisotopic (exact) mass is 236 g/mol. The second-order valence-electron chi connectivity index (χ2n) is 2.88. The fourth-order valence-electron chi connectivity index (χ4n) is 0.927. The van der Waals surface area contributed by atoms with Crippen molar-refractivity contribution in [3.05, 3.63) is 23.8 Å². The van der Waals surface area contributed by atoms with Gasteiger partial charge in [0.15, 0.2) is 0 Å². The molecule has 1 heterocycles. The molecule has 0 aliphatic carbocycles. The lowest BCUT2D eigenvalue weighted by molar-refractivity contribution is 0.0843. The first-order valence-corrected chi connectivity index (χ1v) is 4.70. The van der Waals surface area contributed by atoms with Gasteiger partial charge >= 0.3 is 5.38 Å². The largest absolute Gasteiger partial charge is 0.381 e. The molecule has 0 amide bonds. The third-order valence-corrected chi connectivity index (χ3v) is 1.78. The molecular weight excluding hydrogens is 226 g/mol. The molecule has 1 aromatic heterocycles. The first-order valence-electron chi connectivity index (χ1n) is 4.33. The van der Waals surface area contributed by atoms with E-state index in [1.165, 1.54) is 12.4 Å². The average Bonchev–Trinajstić information content (AvgIpc) is 2.18. The van der Waals surface area contributed by atoms with E-state index in [1.807, 2.05) is 0 Å². The normalized spacial score (nSPS) is 11.7. The predicted octanol–water partition coefficient (Wildman–Crippen LogP) is 0.813. The molecule has 1 aromatic rings. The van der Waals surface area contributed by atoms with Crippen molar-refractivity contribution >= 4 is 11.6 Å². The number of hydrogen-bond acceptors (Lipinski definition) is 4. The topological polar surface area (TPSA) is 63.8 Å². The molecule has 0 saturated heterocycles. The zero-order valence-electron chi connectivity index (χ0n) is 7.88. The van der Waals surface area contributed by atoms with Crippen molar-refractivity contribution in [2.75, 3.05) is 13.1 Å². The molecule has 1 rings (SSSR count). The molecule has 0 radical (unpaired) electrons. The van der Waals surface area contributed by atoms with Crippen LogP contribution in [0.4, 0.5) is 8.78 Å². The van der Waals surface area contributed by atoms with Gasteiger partial charge in [-0.1, -0.05) is 0 Å². The molecule has 7 heteroatoms. The van der Waals surface area contributed by atoms with Crippen LogP contribution in [0.3, 0.4) is 0 Å². The Morgan fingerprint density at radius 1 is 1.40 bits per heavy atom. The minimum absolute atomic E-state index is 0.491. The maximum atomic E-state index is 12.5. The number of halogens is 3. The van der Waals surface area contributed by atoms with Crippen LogP contribution in [0.15, 0.2) is 12.4 Å². The van der Waals surface area contributed by atoms with Crippen LogP contribution in [0, 0.1) is 0 Å². The quantitative estimate of drug-likeness (QED) is 0.587. The Labute approximate surface area is 90.9 Å². The molecule has 0 aliphatic heterocycles. The molecule has 4 nitrogen and oxygen atoms in total. The highest BCUT2D eigenvalue weighted by Crippen LogP contribution is 2.28. The summed E-state index contributed by atoms with van der Waals surface area (Å²) >= 11 is 4.75.